The largest absolute Gasteiger partial charge is 0.496 e. The van der Waals surface area contributed by atoms with Gasteiger partial charge in [0.05, 0.1) is 13.3 Å². The summed E-state index contributed by atoms with van der Waals surface area (Å²) in [6, 6.07) is 9.83. The fourth-order valence-electron chi connectivity index (χ4n) is 3.94. The normalized spacial score (nSPS) is 17.6. The minimum absolute atomic E-state index is 0.729. The minimum Gasteiger partial charge on any atom is -0.496 e. The van der Waals surface area contributed by atoms with E-state index in [1.165, 1.54) is 38.5 Å². The molecule has 1 N–H and O–H groups in total. The fourth-order valence-corrected chi connectivity index (χ4v) is 3.94. The molecule has 29 heavy (non-hydrogen) atoms. The number of anilines is 3. The van der Waals surface area contributed by atoms with Crippen molar-refractivity contribution < 1.29 is 4.74 Å². The highest BCUT2D eigenvalue weighted by Gasteiger charge is 2.19. The maximum atomic E-state index is 5.39. The van der Waals surface area contributed by atoms with E-state index < -0.39 is 0 Å². The number of piperidine rings is 2. The zero-order valence-electron chi connectivity index (χ0n) is 17.2. The summed E-state index contributed by atoms with van der Waals surface area (Å²) in [4.78, 5) is 14.3. The van der Waals surface area contributed by atoms with Gasteiger partial charge in [0, 0.05) is 37.8 Å². The monoisotopic (exact) mass is 394 g/mol. The lowest BCUT2D eigenvalue weighted by Crippen LogP contribution is -2.33. The second-order valence-corrected chi connectivity index (χ2v) is 7.62. The lowest BCUT2D eigenvalue weighted by Gasteiger charge is -2.31. The van der Waals surface area contributed by atoms with Crippen LogP contribution in [0.4, 0.5) is 17.6 Å². The zero-order chi connectivity index (χ0) is 19.9. The Labute approximate surface area is 172 Å². The van der Waals surface area contributed by atoms with E-state index in [4.69, 9.17) is 14.7 Å². The van der Waals surface area contributed by atoms with Gasteiger partial charge in [-0.05, 0) is 50.7 Å². The van der Waals surface area contributed by atoms with Crippen LogP contribution in [0.1, 0.15) is 44.1 Å². The molecule has 7 nitrogen and oxygen atoms in total. The van der Waals surface area contributed by atoms with Crippen molar-refractivity contribution >= 4 is 23.8 Å². The number of nitrogens with zero attached hydrogens (tertiary/aromatic N) is 5. The molecule has 0 radical (unpaired) electrons. The van der Waals surface area contributed by atoms with Gasteiger partial charge < -0.3 is 14.5 Å². The van der Waals surface area contributed by atoms with Crippen LogP contribution in [0.3, 0.4) is 0 Å². The van der Waals surface area contributed by atoms with Crippen LogP contribution in [0.2, 0.25) is 0 Å². The first-order valence-corrected chi connectivity index (χ1v) is 10.6. The van der Waals surface area contributed by atoms with Gasteiger partial charge >= 0.3 is 0 Å². The number of hydrazone groups is 1. The Morgan fingerprint density at radius 2 is 1.62 bits per heavy atom. The van der Waals surface area contributed by atoms with Gasteiger partial charge in [0.1, 0.15) is 11.6 Å². The van der Waals surface area contributed by atoms with Crippen LogP contribution in [-0.4, -0.2) is 49.5 Å². The van der Waals surface area contributed by atoms with Crippen molar-refractivity contribution in [3.8, 4) is 5.75 Å². The number of nitrogens with one attached hydrogen (secondary N) is 1. The second kappa shape index (κ2) is 9.58. The molecule has 0 saturated carbocycles. The van der Waals surface area contributed by atoms with Crippen molar-refractivity contribution in [2.24, 2.45) is 5.10 Å². The lowest BCUT2D eigenvalue weighted by atomic mass is 10.1. The van der Waals surface area contributed by atoms with Gasteiger partial charge in [-0.15, -0.1) is 0 Å². The highest BCUT2D eigenvalue weighted by molar-refractivity contribution is 5.83. The Morgan fingerprint density at radius 1 is 0.931 bits per heavy atom. The fraction of sp³-hybridized carbons (Fsp3) is 0.500. The number of benzene rings is 1. The Hall–Kier alpha value is -2.83. The van der Waals surface area contributed by atoms with E-state index >= 15 is 0 Å². The highest BCUT2D eigenvalue weighted by Crippen LogP contribution is 2.25. The molecule has 0 bridgehead atoms. The van der Waals surface area contributed by atoms with E-state index in [0.717, 1.165) is 55.1 Å². The van der Waals surface area contributed by atoms with E-state index in [2.05, 4.69) is 20.3 Å². The van der Waals surface area contributed by atoms with Crippen LogP contribution in [0, 0.1) is 0 Å². The maximum absolute atomic E-state index is 5.39. The molecule has 1 aromatic carbocycles. The SMILES string of the molecule is COc1ccccc1/C=N/Nc1cc(N2CCCCC2)nc(N2CCCCC2)n1. The Bertz CT molecular complexity index is 792. The highest BCUT2D eigenvalue weighted by atomic mass is 16.5. The van der Waals surface area contributed by atoms with E-state index in [1.54, 1.807) is 13.3 Å². The molecule has 0 unspecified atom stereocenters. The summed E-state index contributed by atoms with van der Waals surface area (Å²) in [6.07, 6.45) is 9.20. The van der Waals surface area contributed by atoms with Gasteiger partial charge in [-0.25, -0.2) is 0 Å². The third-order valence-corrected chi connectivity index (χ3v) is 5.54. The molecular formula is C22H30N6O. The summed E-state index contributed by atoms with van der Waals surface area (Å²) in [6.45, 7) is 4.15. The summed E-state index contributed by atoms with van der Waals surface area (Å²) >= 11 is 0. The standard InChI is InChI=1S/C22H30N6O/c1-29-19-11-5-4-10-18(19)17-23-26-20-16-21(27-12-6-2-7-13-27)25-22(24-20)28-14-8-3-9-15-28/h4-5,10-11,16-17H,2-3,6-9,12-15H2,1H3,(H,24,25,26)/b23-17+. The molecule has 0 spiro atoms. The van der Waals surface area contributed by atoms with Crippen LogP contribution in [-0.2, 0) is 0 Å². The first-order chi connectivity index (χ1) is 14.3. The molecule has 0 atom stereocenters. The molecule has 2 aliphatic rings. The second-order valence-electron chi connectivity index (χ2n) is 7.62. The van der Waals surface area contributed by atoms with E-state index in [9.17, 15) is 0 Å². The topological polar surface area (TPSA) is 65.9 Å². The molecule has 0 amide bonds. The molecule has 4 rings (SSSR count). The van der Waals surface area contributed by atoms with Crippen LogP contribution >= 0.6 is 0 Å². The Morgan fingerprint density at radius 3 is 2.34 bits per heavy atom. The summed E-state index contributed by atoms with van der Waals surface area (Å²) < 4.78 is 5.39. The number of aromatic nitrogens is 2. The quantitative estimate of drug-likeness (QED) is 0.592. The van der Waals surface area contributed by atoms with Gasteiger partial charge in [-0.1, -0.05) is 12.1 Å². The average Bonchev–Trinajstić information content (AvgIpc) is 2.80. The van der Waals surface area contributed by atoms with Crippen molar-refractivity contribution in [2.75, 3.05) is 48.5 Å². The average molecular weight is 395 g/mol. The van der Waals surface area contributed by atoms with Crippen LogP contribution in [0.15, 0.2) is 35.4 Å². The van der Waals surface area contributed by atoms with Gasteiger partial charge in [0.2, 0.25) is 5.95 Å². The molecule has 2 aliphatic heterocycles. The van der Waals surface area contributed by atoms with Gasteiger partial charge in [0.25, 0.3) is 0 Å². The molecule has 2 aromatic rings. The third-order valence-electron chi connectivity index (χ3n) is 5.54. The molecular weight excluding hydrogens is 364 g/mol. The molecule has 2 fully saturated rings. The molecule has 7 heteroatoms. The number of hydrogen-bond acceptors (Lipinski definition) is 7. The van der Waals surface area contributed by atoms with Crippen LogP contribution in [0.25, 0.3) is 0 Å². The Kier molecular flexibility index (Phi) is 6.44. The number of para-hydroxylation sites is 1. The van der Waals surface area contributed by atoms with Crippen molar-refractivity contribution in [3.05, 3.63) is 35.9 Å². The minimum atomic E-state index is 0.729. The first kappa shape index (κ1) is 19.5. The zero-order valence-corrected chi connectivity index (χ0v) is 17.2. The lowest BCUT2D eigenvalue weighted by molar-refractivity contribution is 0.414. The van der Waals surface area contributed by atoms with Crippen molar-refractivity contribution in [3.63, 3.8) is 0 Å². The van der Waals surface area contributed by atoms with E-state index in [0.29, 0.717) is 0 Å². The predicted molar refractivity (Wildman–Crippen MR) is 118 cm³/mol. The third kappa shape index (κ3) is 4.96. The maximum Gasteiger partial charge on any atom is 0.229 e. The van der Waals surface area contributed by atoms with Gasteiger partial charge in [-0.3, -0.25) is 5.43 Å². The summed E-state index contributed by atoms with van der Waals surface area (Å²) in [7, 11) is 1.67. The smallest absolute Gasteiger partial charge is 0.229 e. The first-order valence-electron chi connectivity index (χ1n) is 10.6. The van der Waals surface area contributed by atoms with E-state index in [-0.39, 0.29) is 0 Å². The van der Waals surface area contributed by atoms with Crippen molar-refractivity contribution in [2.45, 2.75) is 38.5 Å². The van der Waals surface area contributed by atoms with Crippen molar-refractivity contribution in [1.82, 2.24) is 9.97 Å². The Balaban J connectivity index is 1.56. The van der Waals surface area contributed by atoms with Crippen LogP contribution < -0.4 is 20.0 Å². The summed E-state index contributed by atoms with van der Waals surface area (Å²) in [5.74, 6) is 3.33. The molecule has 3 heterocycles. The molecule has 0 aliphatic carbocycles. The van der Waals surface area contributed by atoms with Gasteiger partial charge in [0.15, 0.2) is 5.82 Å². The number of rotatable bonds is 6. The molecule has 154 valence electrons. The van der Waals surface area contributed by atoms with Crippen molar-refractivity contribution in [1.29, 1.82) is 0 Å². The number of methoxy groups -OCH3 is 1. The summed E-state index contributed by atoms with van der Waals surface area (Å²) in [5, 5.41) is 4.41. The number of hydrogen-bond donors (Lipinski definition) is 1. The predicted octanol–water partition coefficient (Wildman–Crippen LogP) is 3.91. The summed E-state index contributed by atoms with van der Waals surface area (Å²) in [5.41, 5.74) is 4.03. The number of ether oxygens (including phenoxy) is 1. The molecule has 1 aromatic heterocycles. The molecule has 2 saturated heterocycles. The van der Waals surface area contributed by atoms with Gasteiger partial charge in [-0.2, -0.15) is 15.1 Å². The van der Waals surface area contributed by atoms with E-state index in [1.807, 2.05) is 30.3 Å². The van der Waals surface area contributed by atoms with Crippen LogP contribution in [0.5, 0.6) is 5.75 Å².